The number of carboxylic acid groups (broad SMARTS) is 2. The van der Waals surface area contributed by atoms with E-state index in [4.69, 9.17) is 144 Å². The lowest BCUT2D eigenvalue weighted by molar-refractivity contribution is -0.522. The van der Waals surface area contributed by atoms with Gasteiger partial charge < -0.3 is 104 Å². The number of halogens is 6. The number of nitrogens with zero attached hydrogens (tertiary/aromatic N) is 4. The van der Waals surface area contributed by atoms with Crippen LogP contribution in [-0.4, -0.2) is 358 Å². The summed E-state index contributed by atoms with van der Waals surface area (Å²) < 4.78 is 131. The van der Waals surface area contributed by atoms with Gasteiger partial charge in [-0.2, -0.15) is 0 Å². The van der Waals surface area contributed by atoms with Gasteiger partial charge in [-0.05, 0) is 157 Å². The zero-order chi connectivity index (χ0) is 102. The van der Waals surface area contributed by atoms with Gasteiger partial charge in [0.2, 0.25) is 44.2 Å². The van der Waals surface area contributed by atoms with Crippen molar-refractivity contribution in [2.75, 3.05) is 212 Å². The number of ether oxygens (including phenoxy) is 9. The van der Waals surface area contributed by atoms with E-state index in [1.165, 1.54) is 0 Å². The Morgan fingerprint density at radius 1 is 0.475 bits per heavy atom. The molecule has 11 rings (SSSR count). The van der Waals surface area contributed by atoms with Crippen LogP contribution >= 0.6 is 69.6 Å². The fourth-order valence-electron chi connectivity index (χ4n) is 14.4. The van der Waals surface area contributed by atoms with Crippen LogP contribution in [-0.2, 0) is 126 Å². The number of carboxylic acids is 2. The van der Waals surface area contributed by atoms with E-state index in [-0.39, 0.29) is 143 Å². The predicted molar refractivity (Wildman–Crippen MR) is 517 cm³/mol. The molecule has 7 atom stereocenters. The number of aliphatic hydroxyl groups excluding tert-OH is 5. The highest BCUT2D eigenvalue weighted by atomic mass is 35.5. The average molecular weight is 2130 g/mol. The maximum Gasteiger partial charge on any atom is 0.335 e. The Morgan fingerprint density at radius 3 is 1.20 bits per heavy atom. The molecule has 0 radical (unpaired) electrons. The summed E-state index contributed by atoms with van der Waals surface area (Å²) in [5.41, 5.74) is 14.1. The van der Waals surface area contributed by atoms with Crippen molar-refractivity contribution < 1.29 is 142 Å². The Hall–Kier alpha value is -7.40. The highest BCUT2D eigenvalue weighted by Gasteiger charge is 2.35. The second kappa shape index (κ2) is 63.0. The molecular weight excluding hydrogens is 2010 g/mol. The predicted octanol–water partition coefficient (Wildman–Crippen LogP) is 5.39. The fraction of sp³-hybridized carbons (Fsp3) is 0.527. The number of nitroso groups, excluding NO2 is 1. The first-order chi connectivity index (χ1) is 66.1. The first-order valence-corrected chi connectivity index (χ1v) is 51.2. The number of carbonyl (C=O) groups excluding carboxylic acids is 5. The van der Waals surface area contributed by atoms with Gasteiger partial charge in [-0.3, -0.25) is 29.3 Å². The number of sulfone groups is 1. The Balaban J connectivity index is 0.000000291. The number of nitrogens with two attached hydrogens (primary N) is 1. The zero-order valence-corrected chi connectivity index (χ0v) is 84.5. The number of benzene rings is 6. The van der Waals surface area contributed by atoms with E-state index in [1.54, 1.807) is 79.9 Å². The number of aliphatic carboxylic acids is 2. The summed E-state index contributed by atoms with van der Waals surface area (Å²) >= 11 is 38.2. The summed E-state index contributed by atoms with van der Waals surface area (Å²) in [6.07, 6.45) is -6.36. The number of likely N-dealkylation sites (N-methyl/N-ethyl adjacent to an activating group) is 3. The number of ketones is 2. The molecule has 5 aliphatic heterocycles. The molecule has 5 aliphatic rings. The van der Waals surface area contributed by atoms with E-state index >= 15 is 0 Å². The molecule has 48 heteroatoms. The van der Waals surface area contributed by atoms with E-state index in [0.29, 0.717) is 159 Å². The van der Waals surface area contributed by atoms with Gasteiger partial charge >= 0.3 is 11.9 Å². The fourth-order valence-corrected chi connectivity index (χ4v) is 19.5. The van der Waals surface area contributed by atoms with Crippen molar-refractivity contribution in [1.29, 1.82) is 0 Å². The molecule has 772 valence electrons. The smallest absolute Gasteiger partial charge is 0.335 e. The third kappa shape index (κ3) is 42.4. The van der Waals surface area contributed by atoms with Gasteiger partial charge in [0.1, 0.15) is 6.10 Å². The number of rotatable bonds is 50. The highest BCUT2D eigenvalue weighted by Crippen LogP contribution is 2.43. The number of amides is 3. The van der Waals surface area contributed by atoms with Crippen LogP contribution in [0.25, 0.3) is 0 Å². The number of fused-ring (bicyclic) bond motifs is 3. The van der Waals surface area contributed by atoms with Crippen molar-refractivity contribution in [2.24, 2.45) is 5.73 Å². The van der Waals surface area contributed by atoms with Crippen molar-refractivity contribution >= 4 is 141 Å². The van der Waals surface area contributed by atoms with E-state index in [1.807, 2.05) is 57.5 Å². The maximum atomic E-state index is 13.0. The SMILES string of the molecule is CN1Cc2c(Cl)cc(Cl)cc2C(c2cccc(S(=O)(=O)CCCOCCO)c2)C1.CN1Cc2c(Cl)cc(Cl)cc2C(c2cccc(S(=O)(=O)NCCOCCOCCOCCN)c2)C1.COCCOCCCC(=O)C(O)C(O)C(=O)NCCOCCOCCOCCNS(=O)(=O)c1cccc(C2CN(C)Cc3c(Cl)cc(Cl)cc32)c1.O=C(O)C(O)C(O)C(=O)O.O=C1CCC(=O)N1.O=C1CC[N+](=O)C1. The van der Waals surface area contributed by atoms with Gasteiger partial charge in [0.15, 0.2) is 40.5 Å². The molecule has 0 aliphatic carbocycles. The van der Waals surface area contributed by atoms with Gasteiger partial charge in [0.05, 0.1) is 133 Å². The third-order valence-electron chi connectivity index (χ3n) is 21.2. The summed E-state index contributed by atoms with van der Waals surface area (Å²) in [4.78, 5) is 91.3. The van der Waals surface area contributed by atoms with E-state index < -0.39 is 77.9 Å². The number of Topliss-reactive ketones (excluding diaryl/α,β-unsaturated/α-hetero) is 2. The number of hydrogen-bond acceptors (Lipinski definition) is 32. The summed E-state index contributed by atoms with van der Waals surface area (Å²) in [5, 5.41) is 69.2. The van der Waals surface area contributed by atoms with E-state index in [0.717, 1.165) is 74.5 Å². The first kappa shape index (κ1) is 120. The number of methoxy groups -OCH3 is 1. The molecule has 6 aromatic rings. The summed E-state index contributed by atoms with van der Waals surface area (Å²) in [7, 11) is -3.32. The molecule has 3 amide bonds. The largest absolute Gasteiger partial charge is 0.479 e. The second-order valence-electron chi connectivity index (χ2n) is 32.1. The topological polar surface area (TPSA) is 551 Å². The Morgan fingerprint density at radius 2 is 0.842 bits per heavy atom. The van der Waals surface area contributed by atoms with Crippen LogP contribution < -0.4 is 25.8 Å². The number of sulfonamides is 2. The van der Waals surface area contributed by atoms with Crippen LogP contribution in [0.3, 0.4) is 0 Å². The molecule has 13 N–H and O–H groups in total. The number of carbonyl (C=O) groups is 7. The second-order valence-corrected chi connectivity index (χ2v) is 40.3. The Labute approximate surface area is 838 Å². The average Bonchev–Trinajstić information content (AvgIpc) is 1.54. The zero-order valence-electron chi connectivity index (χ0n) is 77.5. The monoisotopic (exact) mass is 2130 g/mol. The molecule has 139 heavy (non-hydrogen) atoms. The van der Waals surface area contributed by atoms with E-state index in [2.05, 4.69) is 34.8 Å². The van der Waals surface area contributed by atoms with Crippen LogP contribution in [0.4, 0.5) is 0 Å². The summed E-state index contributed by atoms with van der Waals surface area (Å²) in [6, 6.07) is 32.0. The third-order valence-corrected chi connectivity index (χ3v) is 27.6. The number of nitrogens with one attached hydrogen (secondary N) is 4. The molecule has 39 nitrogen and oxygen atoms in total. The lowest BCUT2D eigenvalue weighted by atomic mass is 9.85. The minimum Gasteiger partial charge on any atom is -0.479 e. The van der Waals surface area contributed by atoms with Crippen LogP contribution in [0.15, 0.2) is 124 Å². The number of imide groups is 1. The normalized spacial score (nSPS) is 16.8. The molecule has 0 spiro atoms. The van der Waals surface area contributed by atoms with Crippen molar-refractivity contribution in [3.8, 4) is 0 Å². The van der Waals surface area contributed by atoms with Gasteiger partial charge in [0, 0.05) is 163 Å². The molecule has 0 saturated carbocycles. The lowest BCUT2D eigenvalue weighted by Crippen LogP contribution is -2.46. The number of aliphatic hydroxyl groups is 5. The molecule has 2 fully saturated rings. The molecule has 5 heterocycles. The van der Waals surface area contributed by atoms with Gasteiger partial charge in [-0.15, -0.1) is 0 Å². The van der Waals surface area contributed by atoms with Gasteiger partial charge in [-0.25, -0.2) is 44.3 Å². The van der Waals surface area contributed by atoms with Crippen LogP contribution in [0, 0.1) is 4.91 Å². The quantitative estimate of drug-likeness (QED) is 0.0129. The minimum absolute atomic E-state index is 0.000689. The van der Waals surface area contributed by atoms with Crippen molar-refractivity contribution in [3.63, 3.8) is 0 Å². The number of hydrogen-bond donors (Lipinski definition) is 12. The Bertz CT molecular complexity index is 5260. The first-order valence-electron chi connectivity index (χ1n) is 44.3. The molecule has 2 saturated heterocycles. The molecule has 7 unspecified atom stereocenters. The molecular formula is C91H124Cl6N9O30S3+. The Kier molecular flexibility index (Phi) is 54.5. The lowest BCUT2D eigenvalue weighted by Gasteiger charge is -2.33. The molecule has 6 aromatic carbocycles. The summed E-state index contributed by atoms with van der Waals surface area (Å²) in [6.45, 7) is 10.9. The minimum atomic E-state index is -3.79. The van der Waals surface area contributed by atoms with Crippen LogP contribution in [0.5, 0.6) is 0 Å². The highest BCUT2D eigenvalue weighted by molar-refractivity contribution is 7.91. The standard InChI is InChI=1S/C34H49Cl2N3O11S.C24H33Cl2N3O5S.C21H25Cl2NO4S.C4H6NO2.C4H5NO2.C4H6O6/c1-39-22-28(27-20-25(35)21-30(36)29(27)23-39)24-5-3-6-26(19-24)51(44,45)38-9-12-49-16-18-50-17-15-48-11-8-37-34(43)33(42)32(41)31(40)7-4-10-47-14-13-46-2;1-29-16-22(21-14-19(25)15-24(26)23(21)17-29)18-3-2-4-20(13-18)35(30,31)28-6-8-33-10-12-34-11-9-32-7-5-27;1-24-13-19(18-11-16(22)12-21(23)20(18)14-24)15-4-2-5-17(10-15)29(26,27)9-3-7-28-8-6-25;6-4-1-2-5(7)3-4;6-3-1-2-4(7)5-3;5-1(3(7)8)2(6)4(9)10/h3,5-6,19-21,28,32-33,38,41-42H,4,7-18,22-23H2,1-2H3,(H,37,43);2-4,13-15,22,28H,5-12,16-17,27H2,1H3;2,4-5,10-12,19,25H,3,6-9,13-14H2,1H3;1-3H2;1-2H2,(H,5,6,7);1-2,5-6H,(H,7,8)(H,9,10)/q;;;+1;;. The van der Waals surface area contributed by atoms with Gasteiger partial charge in [0.25, 0.3) is 5.91 Å². The van der Waals surface area contributed by atoms with Crippen molar-refractivity contribution in [3.05, 3.63) is 194 Å². The van der Waals surface area contributed by atoms with Crippen LogP contribution in [0.2, 0.25) is 30.1 Å². The maximum absolute atomic E-state index is 13.0. The molecule has 0 aromatic heterocycles. The van der Waals surface area contributed by atoms with E-state index in [9.17, 15) is 73.9 Å². The molecule has 0 bridgehead atoms. The van der Waals surface area contributed by atoms with Crippen LogP contribution in [0.1, 0.15) is 106 Å². The van der Waals surface area contributed by atoms with Gasteiger partial charge in [-0.1, -0.05) is 106 Å². The van der Waals surface area contributed by atoms with Crippen molar-refractivity contribution in [1.82, 2.24) is 34.8 Å². The van der Waals surface area contributed by atoms with Crippen molar-refractivity contribution in [2.45, 2.75) is 115 Å². The summed E-state index contributed by atoms with van der Waals surface area (Å²) in [5.74, 6) is -5.45.